The highest BCUT2D eigenvalue weighted by atomic mass is 16.5. The summed E-state index contributed by atoms with van der Waals surface area (Å²) in [7, 11) is 1.66. The van der Waals surface area contributed by atoms with Gasteiger partial charge >= 0.3 is 0 Å². The molecule has 0 atom stereocenters. The number of fused-ring (bicyclic) bond motifs is 1. The number of anilines is 1. The van der Waals surface area contributed by atoms with E-state index in [2.05, 4.69) is 34.1 Å². The zero-order valence-corrected chi connectivity index (χ0v) is 18.9. The summed E-state index contributed by atoms with van der Waals surface area (Å²) in [6.07, 6.45) is 2.99. The molecule has 1 amide bonds. The molecule has 5 rings (SSSR count). The molecular weight excluding hydrogens is 422 g/mol. The van der Waals surface area contributed by atoms with Gasteiger partial charge in [-0.25, -0.2) is 4.98 Å². The molecule has 0 spiro atoms. The molecular formula is C29H25N3O2. The quantitative estimate of drug-likeness (QED) is 0.321. The van der Waals surface area contributed by atoms with E-state index in [4.69, 9.17) is 9.72 Å². The number of hydrogen-bond acceptors (Lipinski definition) is 3. The van der Waals surface area contributed by atoms with Crippen molar-refractivity contribution >= 4 is 17.2 Å². The fourth-order valence-electron chi connectivity index (χ4n) is 4.11. The lowest BCUT2D eigenvalue weighted by molar-refractivity contribution is -0.116. The third-order valence-corrected chi connectivity index (χ3v) is 5.81. The van der Waals surface area contributed by atoms with Crippen LogP contribution in [0.2, 0.25) is 0 Å². The van der Waals surface area contributed by atoms with E-state index in [0.717, 1.165) is 45.2 Å². The molecule has 0 saturated carbocycles. The Labute approximate surface area is 198 Å². The number of rotatable bonds is 7. The minimum Gasteiger partial charge on any atom is -0.497 e. The van der Waals surface area contributed by atoms with Gasteiger partial charge in [-0.05, 0) is 53.9 Å². The van der Waals surface area contributed by atoms with Crippen LogP contribution in [-0.2, 0) is 11.2 Å². The first kappa shape index (κ1) is 21.5. The first-order valence-corrected chi connectivity index (χ1v) is 11.3. The number of imidazole rings is 1. The van der Waals surface area contributed by atoms with Gasteiger partial charge in [-0.1, -0.05) is 60.7 Å². The second kappa shape index (κ2) is 9.63. The van der Waals surface area contributed by atoms with Gasteiger partial charge in [0, 0.05) is 23.9 Å². The number of benzene rings is 3. The van der Waals surface area contributed by atoms with Crippen molar-refractivity contribution in [2.45, 2.75) is 12.8 Å². The van der Waals surface area contributed by atoms with Crippen molar-refractivity contribution in [1.29, 1.82) is 0 Å². The SMILES string of the molecule is COc1cccc(-c2nc3ccc(-c4ccccc4)cn3c2CCC(=O)Nc2ccccc2)c1. The Morgan fingerprint density at radius 1 is 0.853 bits per heavy atom. The van der Waals surface area contributed by atoms with Crippen LogP contribution in [0.15, 0.2) is 103 Å². The van der Waals surface area contributed by atoms with E-state index in [9.17, 15) is 4.79 Å². The molecule has 0 unspecified atom stereocenters. The number of pyridine rings is 1. The zero-order valence-electron chi connectivity index (χ0n) is 18.9. The van der Waals surface area contributed by atoms with Crippen LogP contribution in [-0.4, -0.2) is 22.4 Å². The van der Waals surface area contributed by atoms with Crippen molar-refractivity contribution in [3.8, 4) is 28.1 Å². The highest BCUT2D eigenvalue weighted by Crippen LogP contribution is 2.30. The molecule has 0 aliphatic rings. The number of aromatic nitrogens is 2. The van der Waals surface area contributed by atoms with Crippen molar-refractivity contribution in [1.82, 2.24) is 9.38 Å². The number of nitrogens with zero attached hydrogens (tertiary/aromatic N) is 2. The Morgan fingerprint density at radius 2 is 1.59 bits per heavy atom. The third kappa shape index (κ3) is 4.55. The Kier molecular flexibility index (Phi) is 6.08. The fourth-order valence-corrected chi connectivity index (χ4v) is 4.11. The third-order valence-electron chi connectivity index (χ3n) is 5.81. The normalized spacial score (nSPS) is 10.9. The number of ether oxygens (including phenoxy) is 1. The van der Waals surface area contributed by atoms with Gasteiger partial charge in [0.1, 0.15) is 11.4 Å². The number of carbonyl (C=O) groups excluding carboxylic acids is 1. The van der Waals surface area contributed by atoms with Crippen molar-refractivity contribution in [2.75, 3.05) is 12.4 Å². The summed E-state index contributed by atoms with van der Waals surface area (Å²) in [5.74, 6) is 0.740. The standard InChI is InChI=1S/C29H25N3O2/c1-34-25-14-8-11-22(19-25)29-26(16-18-28(33)30-24-12-6-3-7-13-24)32-20-23(15-17-27(32)31-29)21-9-4-2-5-10-21/h2-15,17,19-20H,16,18H2,1H3,(H,30,33). The second-order valence-electron chi connectivity index (χ2n) is 8.07. The topological polar surface area (TPSA) is 55.6 Å². The van der Waals surface area contributed by atoms with E-state index in [1.54, 1.807) is 7.11 Å². The van der Waals surface area contributed by atoms with E-state index in [1.165, 1.54) is 0 Å². The summed E-state index contributed by atoms with van der Waals surface area (Å²) in [5, 5.41) is 2.98. The number of nitrogens with one attached hydrogen (secondary N) is 1. The van der Waals surface area contributed by atoms with Gasteiger partial charge in [-0.3, -0.25) is 4.79 Å². The van der Waals surface area contributed by atoms with Crippen molar-refractivity contribution in [3.63, 3.8) is 0 Å². The van der Waals surface area contributed by atoms with Crippen LogP contribution < -0.4 is 10.1 Å². The molecule has 34 heavy (non-hydrogen) atoms. The predicted octanol–water partition coefficient (Wildman–Crippen LogP) is 6.25. The van der Waals surface area contributed by atoms with Crippen LogP contribution >= 0.6 is 0 Å². The lowest BCUT2D eigenvalue weighted by Gasteiger charge is -2.09. The van der Waals surface area contributed by atoms with Crippen LogP contribution in [0.5, 0.6) is 5.75 Å². The first-order valence-electron chi connectivity index (χ1n) is 11.3. The molecule has 5 heteroatoms. The Bertz CT molecular complexity index is 1430. The molecule has 0 fully saturated rings. The van der Waals surface area contributed by atoms with E-state index < -0.39 is 0 Å². The van der Waals surface area contributed by atoms with Crippen LogP contribution in [0.1, 0.15) is 12.1 Å². The minimum absolute atomic E-state index is 0.0306. The summed E-state index contributed by atoms with van der Waals surface area (Å²) in [4.78, 5) is 17.7. The highest BCUT2D eigenvalue weighted by Gasteiger charge is 2.17. The lowest BCUT2D eigenvalue weighted by atomic mass is 10.1. The summed E-state index contributed by atoms with van der Waals surface area (Å²) < 4.78 is 7.54. The molecule has 0 saturated heterocycles. The van der Waals surface area contributed by atoms with Gasteiger partial charge in [0.2, 0.25) is 5.91 Å². The van der Waals surface area contributed by atoms with Gasteiger partial charge < -0.3 is 14.5 Å². The maximum absolute atomic E-state index is 12.7. The van der Waals surface area contributed by atoms with Crippen molar-refractivity contribution in [2.24, 2.45) is 0 Å². The van der Waals surface area contributed by atoms with Gasteiger partial charge in [-0.2, -0.15) is 0 Å². The largest absolute Gasteiger partial charge is 0.497 e. The summed E-state index contributed by atoms with van der Waals surface area (Å²) in [6.45, 7) is 0. The molecule has 5 nitrogen and oxygen atoms in total. The van der Waals surface area contributed by atoms with Gasteiger partial charge in [-0.15, -0.1) is 0 Å². The maximum Gasteiger partial charge on any atom is 0.224 e. The maximum atomic E-state index is 12.7. The summed E-state index contributed by atoms with van der Waals surface area (Å²) >= 11 is 0. The Hall–Kier alpha value is -4.38. The molecule has 168 valence electrons. The first-order chi connectivity index (χ1) is 16.7. The highest BCUT2D eigenvalue weighted by molar-refractivity contribution is 5.91. The summed E-state index contributed by atoms with van der Waals surface area (Å²) in [6, 6.07) is 31.8. The molecule has 0 radical (unpaired) electrons. The number of carbonyl (C=O) groups is 1. The Balaban J connectivity index is 1.53. The molecule has 0 aliphatic heterocycles. The van der Waals surface area contributed by atoms with Gasteiger partial charge in [0.05, 0.1) is 18.5 Å². The second-order valence-corrected chi connectivity index (χ2v) is 8.07. The molecule has 5 aromatic rings. The lowest BCUT2D eigenvalue weighted by Crippen LogP contribution is -2.13. The number of amides is 1. The van der Waals surface area contributed by atoms with Gasteiger partial charge in [0.25, 0.3) is 0 Å². The number of hydrogen-bond donors (Lipinski definition) is 1. The zero-order chi connectivity index (χ0) is 23.3. The van der Waals surface area contributed by atoms with Crippen LogP contribution in [0.3, 0.4) is 0 Å². The monoisotopic (exact) mass is 447 g/mol. The van der Waals surface area contributed by atoms with Crippen LogP contribution in [0, 0.1) is 0 Å². The van der Waals surface area contributed by atoms with E-state index in [1.807, 2.05) is 78.9 Å². The van der Waals surface area contributed by atoms with E-state index in [0.29, 0.717) is 12.8 Å². The number of methoxy groups -OCH3 is 1. The van der Waals surface area contributed by atoms with Crippen molar-refractivity contribution < 1.29 is 9.53 Å². The average molecular weight is 448 g/mol. The number of aryl methyl sites for hydroxylation is 1. The fraction of sp³-hybridized carbons (Fsp3) is 0.103. The molecule has 0 bridgehead atoms. The molecule has 3 aromatic carbocycles. The Morgan fingerprint density at radius 3 is 2.35 bits per heavy atom. The van der Waals surface area contributed by atoms with E-state index in [-0.39, 0.29) is 5.91 Å². The minimum atomic E-state index is -0.0306. The molecule has 0 aliphatic carbocycles. The summed E-state index contributed by atoms with van der Waals surface area (Å²) in [5.41, 5.74) is 6.68. The predicted molar refractivity (Wildman–Crippen MR) is 136 cm³/mol. The van der Waals surface area contributed by atoms with Gasteiger partial charge in [0.15, 0.2) is 0 Å². The van der Waals surface area contributed by atoms with Crippen LogP contribution in [0.4, 0.5) is 5.69 Å². The molecule has 2 aromatic heterocycles. The smallest absolute Gasteiger partial charge is 0.224 e. The average Bonchev–Trinajstić information content (AvgIpc) is 3.26. The van der Waals surface area contributed by atoms with E-state index >= 15 is 0 Å². The van der Waals surface area contributed by atoms with Crippen molar-refractivity contribution in [3.05, 3.63) is 109 Å². The van der Waals surface area contributed by atoms with Crippen LogP contribution in [0.25, 0.3) is 28.0 Å². The molecule has 2 heterocycles. The number of para-hydroxylation sites is 1. The molecule has 1 N–H and O–H groups in total.